The van der Waals surface area contributed by atoms with E-state index in [2.05, 4.69) is 22.0 Å². The van der Waals surface area contributed by atoms with E-state index in [0.717, 1.165) is 25.8 Å². The van der Waals surface area contributed by atoms with Gasteiger partial charge in [-0.05, 0) is 25.3 Å². The lowest BCUT2D eigenvalue weighted by Crippen LogP contribution is -2.36. The minimum Gasteiger partial charge on any atom is -0.478 e. The van der Waals surface area contributed by atoms with Crippen LogP contribution in [0.1, 0.15) is 49.4 Å². The van der Waals surface area contributed by atoms with E-state index in [1.54, 1.807) is 0 Å². The van der Waals surface area contributed by atoms with Crippen LogP contribution in [0.3, 0.4) is 0 Å². The highest BCUT2D eigenvalue weighted by atomic mass is 16.4. The molecule has 0 aromatic carbocycles. The number of carboxylic acids is 1. The molecule has 5 heteroatoms. The van der Waals surface area contributed by atoms with Gasteiger partial charge in [0.1, 0.15) is 5.56 Å². The Bertz CT molecular complexity index is 422. The van der Waals surface area contributed by atoms with Crippen molar-refractivity contribution >= 4 is 11.8 Å². The first-order chi connectivity index (χ1) is 8.74. The Morgan fingerprint density at radius 3 is 3.06 bits per heavy atom. The van der Waals surface area contributed by atoms with Crippen molar-refractivity contribution in [1.29, 1.82) is 0 Å². The Kier molecular flexibility index (Phi) is 4.12. The van der Waals surface area contributed by atoms with E-state index in [4.69, 9.17) is 0 Å². The molecular weight excluding hydrogens is 230 g/mol. The van der Waals surface area contributed by atoms with Gasteiger partial charge in [-0.15, -0.1) is 5.10 Å². The lowest BCUT2D eigenvalue weighted by Gasteiger charge is -2.30. The molecule has 1 aromatic rings. The fourth-order valence-electron chi connectivity index (χ4n) is 2.58. The maximum Gasteiger partial charge on any atom is 0.339 e. The number of hydrogen-bond donors (Lipinski definition) is 1. The number of carboxylic acid groups (broad SMARTS) is 1. The number of aromatic carboxylic acids is 1. The van der Waals surface area contributed by atoms with Gasteiger partial charge in [-0.2, -0.15) is 5.10 Å². The van der Waals surface area contributed by atoms with Crippen molar-refractivity contribution in [2.24, 2.45) is 0 Å². The molecule has 1 atom stereocenters. The quantitative estimate of drug-likeness (QED) is 0.890. The summed E-state index contributed by atoms with van der Waals surface area (Å²) in [5.41, 5.74) is 0.255. The lowest BCUT2D eigenvalue weighted by atomic mass is 10.1. The van der Waals surface area contributed by atoms with Crippen LogP contribution in [0.25, 0.3) is 0 Å². The van der Waals surface area contributed by atoms with Gasteiger partial charge in [0.15, 0.2) is 5.82 Å². The highest BCUT2D eigenvalue weighted by Crippen LogP contribution is 2.26. The Morgan fingerprint density at radius 1 is 1.50 bits per heavy atom. The summed E-state index contributed by atoms with van der Waals surface area (Å²) in [7, 11) is 0. The Balaban J connectivity index is 2.35. The second-order valence-corrected chi connectivity index (χ2v) is 4.68. The molecule has 0 amide bonds. The predicted octanol–water partition coefficient (Wildman–Crippen LogP) is 2.33. The molecule has 0 saturated carbocycles. The zero-order valence-corrected chi connectivity index (χ0v) is 10.7. The van der Waals surface area contributed by atoms with Gasteiger partial charge in [-0.1, -0.05) is 19.8 Å². The van der Waals surface area contributed by atoms with Gasteiger partial charge >= 0.3 is 5.97 Å². The molecule has 5 nitrogen and oxygen atoms in total. The number of aromatic nitrogens is 2. The Morgan fingerprint density at radius 2 is 2.33 bits per heavy atom. The lowest BCUT2D eigenvalue weighted by molar-refractivity contribution is 0.0697. The highest BCUT2D eigenvalue weighted by molar-refractivity contribution is 5.93. The average molecular weight is 249 g/mol. The molecule has 0 radical (unpaired) electrons. The van der Waals surface area contributed by atoms with Gasteiger partial charge in [0.2, 0.25) is 0 Å². The van der Waals surface area contributed by atoms with E-state index >= 15 is 0 Å². The minimum atomic E-state index is -0.931. The third-order valence-corrected chi connectivity index (χ3v) is 3.55. The van der Waals surface area contributed by atoms with Crippen LogP contribution in [0.2, 0.25) is 0 Å². The molecule has 1 fully saturated rings. The van der Waals surface area contributed by atoms with E-state index in [0.29, 0.717) is 11.9 Å². The van der Waals surface area contributed by atoms with E-state index in [9.17, 15) is 9.90 Å². The Hall–Kier alpha value is -1.65. The third-order valence-electron chi connectivity index (χ3n) is 3.55. The molecule has 1 aliphatic heterocycles. The summed E-state index contributed by atoms with van der Waals surface area (Å²) < 4.78 is 0. The predicted molar refractivity (Wildman–Crippen MR) is 68.9 cm³/mol. The molecule has 2 heterocycles. The van der Waals surface area contributed by atoms with Gasteiger partial charge in [0, 0.05) is 12.6 Å². The highest BCUT2D eigenvalue weighted by Gasteiger charge is 2.25. The van der Waals surface area contributed by atoms with Crippen molar-refractivity contribution in [3.8, 4) is 0 Å². The summed E-state index contributed by atoms with van der Waals surface area (Å²) in [6.07, 6.45) is 7.05. The maximum atomic E-state index is 11.3. The SMILES string of the molecule is CCC1CCCCCN1c1nnccc1C(=O)O. The fourth-order valence-corrected chi connectivity index (χ4v) is 2.58. The molecule has 0 aliphatic carbocycles. The molecule has 0 bridgehead atoms. The molecule has 1 unspecified atom stereocenters. The zero-order valence-electron chi connectivity index (χ0n) is 10.7. The van der Waals surface area contributed by atoms with E-state index in [1.807, 2.05) is 0 Å². The third kappa shape index (κ3) is 2.60. The summed E-state index contributed by atoms with van der Waals surface area (Å²) in [5.74, 6) is -0.405. The van der Waals surface area contributed by atoms with Crippen molar-refractivity contribution in [2.75, 3.05) is 11.4 Å². The van der Waals surface area contributed by atoms with Crippen molar-refractivity contribution in [3.05, 3.63) is 17.8 Å². The van der Waals surface area contributed by atoms with Crippen LogP contribution < -0.4 is 4.90 Å². The molecule has 1 N–H and O–H groups in total. The number of carbonyl (C=O) groups is 1. The molecule has 0 spiro atoms. The molecule has 1 saturated heterocycles. The Labute approximate surface area is 107 Å². The topological polar surface area (TPSA) is 66.3 Å². The smallest absolute Gasteiger partial charge is 0.339 e. The van der Waals surface area contributed by atoms with Crippen LogP contribution in [0.15, 0.2) is 12.3 Å². The second-order valence-electron chi connectivity index (χ2n) is 4.68. The second kappa shape index (κ2) is 5.80. The van der Waals surface area contributed by atoms with E-state index in [-0.39, 0.29) is 5.56 Å². The molecular formula is C13H19N3O2. The average Bonchev–Trinajstić information content (AvgIpc) is 2.63. The van der Waals surface area contributed by atoms with Crippen molar-refractivity contribution < 1.29 is 9.90 Å². The first kappa shape index (κ1) is 12.8. The largest absolute Gasteiger partial charge is 0.478 e. The number of anilines is 1. The van der Waals surface area contributed by atoms with Crippen LogP contribution in [-0.4, -0.2) is 33.9 Å². The molecule has 1 aliphatic rings. The summed E-state index contributed by atoms with van der Waals surface area (Å²) in [6.45, 7) is 3.01. The van der Waals surface area contributed by atoms with Crippen LogP contribution in [-0.2, 0) is 0 Å². The molecule has 18 heavy (non-hydrogen) atoms. The molecule has 1 aromatic heterocycles. The first-order valence-electron chi connectivity index (χ1n) is 6.55. The standard InChI is InChI=1S/C13H19N3O2/c1-2-10-6-4-3-5-9-16(10)12-11(13(17)18)7-8-14-15-12/h7-8,10H,2-6,9H2,1H3,(H,17,18). The fraction of sp³-hybridized carbons (Fsp3) is 0.615. The normalized spacial score (nSPS) is 20.5. The van der Waals surface area contributed by atoms with Gasteiger partial charge in [-0.3, -0.25) is 0 Å². The zero-order chi connectivity index (χ0) is 13.0. The van der Waals surface area contributed by atoms with Crippen LogP contribution in [0.4, 0.5) is 5.82 Å². The van der Waals surface area contributed by atoms with Gasteiger partial charge < -0.3 is 10.0 Å². The van der Waals surface area contributed by atoms with Crippen molar-refractivity contribution in [2.45, 2.75) is 45.1 Å². The summed E-state index contributed by atoms with van der Waals surface area (Å²) in [4.78, 5) is 13.4. The minimum absolute atomic E-state index is 0.255. The van der Waals surface area contributed by atoms with Crippen molar-refractivity contribution in [1.82, 2.24) is 10.2 Å². The summed E-state index contributed by atoms with van der Waals surface area (Å²) in [5, 5.41) is 17.1. The molecule has 2 rings (SSSR count). The van der Waals surface area contributed by atoms with Crippen LogP contribution in [0, 0.1) is 0 Å². The summed E-state index contributed by atoms with van der Waals surface area (Å²) in [6, 6.07) is 1.91. The number of rotatable bonds is 3. The van der Waals surface area contributed by atoms with Gasteiger partial charge in [-0.25, -0.2) is 4.79 Å². The maximum absolute atomic E-state index is 11.3. The van der Waals surface area contributed by atoms with Crippen LogP contribution >= 0.6 is 0 Å². The van der Waals surface area contributed by atoms with Crippen LogP contribution in [0.5, 0.6) is 0 Å². The van der Waals surface area contributed by atoms with Crippen molar-refractivity contribution in [3.63, 3.8) is 0 Å². The first-order valence-corrected chi connectivity index (χ1v) is 6.55. The van der Waals surface area contributed by atoms with E-state index < -0.39 is 5.97 Å². The summed E-state index contributed by atoms with van der Waals surface area (Å²) >= 11 is 0. The van der Waals surface area contributed by atoms with Gasteiger partial charge in [0.25, 0.3) is 0 Å². The number of nitrogens with zero attached hydrogens (tertiary/aromatic N) is 3. The molecule has 98 valence electrons. The van der Waals surface area contributed by atoms with Gasteiger partial charge in [0.05, 0.1) is 6.20 Å². The number of hydrogen-bond acceptors (Lipinski definition) is 4. The van der Waals surface area contributed by atoms with E-state index in [1.165, 1.54) is 25.1 Å². The monoisotopic (exact) mass is 249 g/mol.